The minimum Gasteiger partial charge on any atom is -0.383 e. The van der Waals surface area contributed by atoms with Crippen molar-refractivity contribution in [3.63, 3.8) is 0 Å². The van der Waals surface area contributed by atoms with Crippen molar-refractivity contribution in [2.24, 2.45) is 21.1 Å². The molecule has 1 aliphatic heterocycles. The van der Waals surface area contributed by atoms with E-state index in [-0.39, 0.29) is 11.7 Å². The quantitative estimate of drug-likeness (QED) is 0.829. The average Bonchev–Trinajstić information content (AvgIpc) is 2.77. The Morgan fingerprint density at radius 1 is 1.27 bits per heavy atom. The highest BCUT2D eigenvalue weighted by atomic mass is 35.5. The van der Waals surface area contributed by atoms with Crippen LogP contribution in [0.3, 0.4) is 0 Å². The third kappa shape index (κ3) is 3.10. The topological polar surface area (TPSA) is 79.8 Å². The molecule has 2 rings (SSSR count). The van der Waals surface area contributed by atoms with Crippen LogP contribution in [0.4, 0.5) is 0 Å². The molecule has 0 saturated carbocycles. The molecule has 0 aromatic heterocycles. The number of amides is 1. The fourth-order valence-corrected chi connectivity index (χ4v) is 2.26. The zero-order valence-electron chi connectivity index (χ0n) is 12.6. The summed E-state index contributed by atoms with van der Waals surface area (Å²) in [6.07, 6.45) is 0. The molecule has 0 fully saturated rings. The highest BCUT2D eigenvalue weighted by Gasteiger charge is 2.47. The van der Waals surface area contributed by atoms with Crippen LogP contribution in [0.2, 0.25) is 0 Å². The van der Waals surface area contributed by atoms with Crippen LogP contribution in [0.5, 0.6) is 0 Å². The molecule has 0 unspecified atom stereocenters. The maximum Gasteiger partial charge on any atom is 0.227 e. The van der Waals surface area contributed by atoms with Crippen LogP contribution < -0.4 is 11.1 Å². The van der Waals surface area contributed by atoms with Gasteiger partial charge in [0.25, 0.3) is 0 Å². The zero-order chi connectivity index (χ0) is 16.5. The third-order valence-electron chi connectivity index (χ3n) is 3.23. The van der Waals surface area contributed by atoms with Crippen molar-refractivity contribution in [3.8, 4) is 0 Å². The summed E-state index contributed by atoms with van der Waals surface area (Å²) in [7, 11) is 0. The van der Waals surface area contributed by atoms with Crippen molar-refractivity contribution in [2.45, 2.75) is 31.3 Å². The largest absolute Gasteiger partial charge is 0.383 e. The fourth-order valence-electron chi connectivity index (χ4n) is 1.83. The van der Waals surface area contributed by atoms with E-state index in [0.717, 1.165) is 5.56 Å². The van der Waals surface area contributed by atoms with Crippen molar-refractivity contribution in [1.29, 1.82) is 0 Å². The monoisotopic (exact) mass is 340 g/mol. The van der Waals surface area contributed by atoms with E-state index in [1.54, 1.807) is 20.8 Å². The predicted molar refractivity (Wildman–Crippen MR) is 90.4 cm³/mol. The standard InChI is InChI=1S/C15H18Cl2N4O/c1-14(2,3)13(22)21-15(11(16)17)12(18)19-10(20-15)9-7-5-4-6-8-9/h4-8,11H,1-3H3,(H,21,22)(H2,18,19,20)/t15-/m1/s1. The lowest BCUT2D eigenvalue weighted by Crippen LogP contribution is -2.61. The van der Waals surface area contributed by atoms with Crippen LogP contribution in [-0.4, -0.2) is 28.1 Å². The van der Waals surface area contributed by atoms with Gasteiger partial charge in [0.1, 0.15) is 0 Å². The van der Waals surface area contributed by atoms with E-state index in [2.05, 4.69) is 15.3 Å². The Balaban J connectivity index is 2.42. The first-order valence-corrected chi connectivity index (χ1v) is 7.65. The summed E-state index contributed by atoms with van der Waals surface area (Å²) in [6.45, 7) is 5.33. The zero-order valence-corrected chi connectivity index (χ0v) is 14.1. The highest BCUT2D eigenvalue weighted by Crippen LogP contribution is 2.29. The number of rotatable bonds is 3. The maximum atomic E-state index is 12.3. The van der Waals surface area contributed by atoms with Gasteiger partial charge in [-0.25, -0.2) is 9.98 Å². The molecular formula is C15H18Cl2N4O. The number of nitrogens with zero attached hydrogens (tertiary/aromatic N) is 2. The number of hydrogen-bond donors (Lipinski definition) is 2. The van der Waals surface area contributed by atoms with E-state index in [0.29, 0.717) is 5.84 Å². The first-order chi connectivity index (χ1) is 10.2. The van der Waals surface area contributed by atoms with Crippen molar-refractivity contribution < 1.29 is 4.79 Å². The van der Waals surface area contributed by atoms with Crippen molar-refractivity contribution in [3.05, 3.63) is 35.9 Å². The summed E-state index contributed by atoms with van der Waals surface area (Å²) >= 11 is 12.1. The van der Waals surface area contributed by atoms with Crippen molar-refractivity contribution in [2.75, 3.05) is 0 Å². The number of amidine groups is 2. The molecule has 22 heavy (non-hydrogen) atoms. The predicted octanol–water partition coefficient (Wildman–Crippen LogP) is 2.47. The first-order valence-electron chi connectivity index (χ1n) is 6.77. The number of aliphatic imine (C=N–C) groups is 2. The molecule has 0 aliphatic carbocycles. The molecule has 1 aromatic rings. The molecule has 7 heteroatoms. The summed E-state index contributed by atoms with van der Waals surface area (Å²) in [5.41, 5.74) is 4.67. The molecule has 1 aliphatic rings. The van der Waals surface area contributed by atoms with Gasteiger partial charge in [-0.05, 0) is 0 Å². The molecule has 0 radical (unpaired) electrons. The number of carbonyl (C=O) groups excluding carboxylic acids is 1. The molecule has 0 spiro atoms. The second kappa shape index (κ2) is 5.89. The third-order valence-corrected chi connectivity index (χ3v) is 3.86. The molecule has 0 saturated heterocycles. The van der Waals surface area contributed by atoms with Crippen LogP contribution in [0.15, 0.2) is 40.3 Å². The van der Waals surface area contributed by atoms with Gasteiger partial charge < -0.3 is 11.1 Å². The van der Waals surface area contributed by atoms with Crippen molar-refractivity contribution >= 4 is 40.8 Å². The van der Waals surface area contributed by atoms with Gasteiger partial charge in [0, 0.05) is 11.0 Å². The molecule has 3 N–H and O–H groups in total. The van der Waals surface area contributed by atoms with E-state index < -0.39 is 15.9 Å². The summed E-state index contributed by atoms with van der Waals surface area (Å²) in [5.74, 6) is 0.188. The van der Waals surface area contributed by atoms with Gasteiger partial charge >= 0.3 is 0 Å². The number of nitrogens with one attached hydrogen (secondary N) is 1. The number of benzene rings is 1. The number of hydrogen-bond acceptors (Lipinski definition) is 4. The normalized spacial score (nSPS) is 21.5. The molecule has 1 heterocycles. The van der Waals surface area contributed by atoms with E-state index in [4.69, 9.17) is 28.9 Å². The Morgan fingerprint density at radius 2 is 1.86 bits per heavy atom. The second-order valence-corrected chi connectivity index (χ2v) is 7.17. The van der Waals surface area contributed by atoms with Crippen LogP contribution >= 0.6 is 23.2 Å². The Bertz CT molecular complexity index is 635. The Kier molecular flexibility index (Phi) is 4.49. The second-order valence-electron chi connectivity index (χ2n) is 6.07. The molecule has 0 bridgehead atoms. The van der Waals surface area contributed by atoms with Gasteiger partial charge in [-0.3, -0.25) is 4.79 Å². The lowest BCUT2D eigenvalue weighted by molar-refractivity contribution is -0.129. The fraction of sp³-hybridized carbons (Fsp3) is 0.400. The number of carbonyl (C=O) groups is 1. The number of alkyl halides is 2. The van der Waals surface area contributed by atoms with Crippen molar-refractivity contribution in [1.82, 2.24) is 5.32 Å². The maximum absolute atomic E-state index is 12.3. The smallest absolute Gasteiger partial charge is 0.227 e. The SMILES string of the molecule is CC(C)(C)C(=O)N[C@@]1(C(Cl)Cl)N=C(c2ccccc2)N=C1N. The minimum atomic E-state index is -1.45. The van der Waals surface area contributed by atoms with Crippen LogP contribution in [-0.2, 0) is 4.79 Å². The highest BCUT2D eigenvalue weighted by molar-refractivity contribution is 6.47. The lowest BCUT2D eigenvalue weighted by atomic mass is 9.94. The van der Waals surface area contributed by atoms with Crippen LogP contribution in [0.1, 0.15) is 26.3 Å². The summed E-state index contributed by atoms with van der Waals surface area (Å²) < 4.78 is 0. The van der Waals surface area contributed by atoms with E-state index in [1.165, 1.54) is 0 Å². The van der Waals surface area contributed by atoms with Crippen LogP contribution in [0.25, 0.3) is 0 Å². The Hall–Kier alpha value is -1.59. The minimum absolute atomic E-state index is 0.0685. The summed E-state index contributed by atoms with van der Waals surface area (Å²) in [4.78, 5) is 19.9. The van der Waals surface area contributed by atoms with Gasteiger partial charge in [0.15, 0.2) is 16.5 Å². The van der Waals surface area contributed by atoms with Crippen LogP contribution in [0, 0.1) is 5.41 Å². The molecule has 5 nitrogen and oxygen atoms in total. The molecule has 1 amide bonds. The Labute approximate surface area is 139 Å². The number of halogens is 2. The summed E-state index contributed by atoms with van der Waals surface area (Å²) in [5, 5.41) is 2.74. The number of nitrogens with two attached hydrogens (primary N) is 1. The molecule has 1 atom stereocenters. The summed E-state index contributed by atoms with van der Waals surface area (Å²) in [6, 6.07) is 9.28. The van der Waals surface area contributed by atoms with E-state index in [1.807, 2.05) is 30.3 Å². The molecule has 1 aromatic carbocycles. The van der Waals surface area contributed by atoms with Gasteiger partial charge in [0.05, 0.1) is 0 Å². The lowest BCUT2D eigenvalue weighted by Gasteiger charge is -2.31. The van der Waals surface area contributed by atoms with Gasteiger partial charge in [-0.1, -0.05) is 74.3 Å². The van der Waals surface area contributed by atoms with E-state index >= 15 is 0 Å². The molecule has 118 valence electrons. The first kappa shape index (κ1) is 16.8. The molecular weight excluding hydrogens is 323 g/mol. The van der Waals surface area contributed by atoms with Gasteiger partial charge in [-0.2, -0.15) is 0 Å². The Morgan fingerprint density at radius 3 is 2.36 bits per heavy atom. The van der Waals surface area contributed by atoms with E-state index in [9.17, 15) is 4.79 Å². The van der Waals surface area contributed by atoms with Gasteiger partial charge in [0.2, 0.25) is 11.6 Å². The van der Waals surface area contributed by atoms with Gasteiger partial charge in [-0.15, -0.1) is 0 Å². The average molecular weight is 341 g/mol.